The van der Waals surface area contributed by atoms with Crippen LogP contribution in [0.4, 0.5) is 5.00 Å². The van der Waals surface area contributed by atoms with Gasteiger partial charge in [0.15, 0.2) is 5.11 Å². The molecule has 4 nitrogen and oxygen atoms in total. The Morgan fingerprint density at radius 3 is 2.52 bits per heavy atom. The van der Waals surface area contributed by atoms with Crippen molar-refractivity contribution in [3.63, 3.8) is 0 Å². The number of thiophene rings is 1. The Hall–Kier alpha value is -2.41. The molecule has 0 aliphatic carbocycles. The molecule has 148 valence electrons. The van der Waals surface area contributed by atoms with Gasteiger partial charge in [0.2, 0.25) is 0 Å². The number of aryl methyl sites for hydroxylation is 1. The van der Waals surface area contributed by atoms with Crippen molar-refractivity contribution in [2.45, 2.75) is 19.9 Å². The van der Waals surface area contributed by atoms with Gasteiger partial charge >= 0.3 is 0 Å². The molecule has 0 spiro atoms. The van der Waals surface area contributed by atoms with Crippen molar-refractivity contribution < 1.29 is 4.74 Å². The maximum atomic E-state index is 6.10. The second kappa shape index (κ2) is 8.53. The summed E-state index contributed by atoms with van der Waals surface area (Å²) in [4.78, 5) is 1.29. The van der Waals surface area contributed by atoms with Crippen LogP contribution in [0.3, 0.4) is 0 Å². The van der Waals surface area contributed by atoms with Gasteiger partial charge in [0.05, 0.1) is 13.7 Å². The number of hydrazone groups is 1. The third kappa shape index (κ3) is 4.29. The van der Waals surface area contributed by atoms with Crippen LogP contribution in [0.25, 0.3) is 0 Å². The third-order valence-electron chi connectivity index (χ3n) is 4.67. The molecule has 0 bridgehead atoms. The number of benzene rings is 2. The van der Waals surface area contributed by atoms with Crippen LogP contribution >= 0.6 is 35.2 Å². The SMILES string of the molecule is CCc1cc2c(s1)NC(=S)N(Cc1ccc(OC)cc1)N=C2c1ccc(Cl)cc1. The zero-order valence-corrected chi connectivity index (χ0v) is 18.5. The van der Waals surface area contributed by atoms with E-state index in [-0.39, 0.29) is 0 Å². The minimum Gasteiger partial charge on any atom is -0.497 e. The molecule has 0 saturated heterocycles. The van der Waals surface area contributed by atoms with E-state index in [0.29, 0.717) is 16.7 Å². The van der Waals surface area contributed by atoms with Crippen LogP contribution in [0, 0.1) is 0 Å². The molecule has 1 aromatic heterocycles. The van der Waals surface area contributed by atoms with Gasteiger partial charge in [-0.15, -0.1) is 11.3 Å². The predicted molar refractivity (Wildman–Crippen MR) is 126 cm³/mol. The van der Waals surface area contributed by atoms with Crippen LogP contribution < -0.4 is 10.1 Å². The molecule has 1 aliphatic heterocycles. The van der Waals surface area contributed by atoms with Gasteiger partial charge < -0.3 is 10.1 Å². The Balaban J connectivity index is 1.75. The summed E-state index contributed by atoms with van der Waals surface area (Å²) in [6.45, 7) is 2.71. The minimum atomic E-state index is 0.558. The molecule has 1 aliphatic rings. The second-order valence-corrected chi connectivity index (χ2v) is 8.56. The molecule has 0 amide bonds. The van der Waals surface area contributed by atoms with Crippen LogP contribution in [0.15, 0.2) is 59.7 Å². The summed E-state index contributed by atoms with van der Waals surface area (Å²) >= 11 is 13.5. The highest BCUT2D eigenvalue weighted by Gasteiger charge is 2.24. The van der Waals surface area contributed by atoms with E-state index in [0.717, 1.165) is 39.6 Å². The van der Waals surface area contributed by atoms with E-state index in [1.165, 1.54) is 4.88 Å². The quantitative estimate of drug-likeness (QED) is 0.497. The number of thiocarbonyl (C=S) groups is 1. The first-order valence-electron chi connectivity index (χ1n) is 9.26. The smallest absolute Gasteiger partial charge is 0.195 e. The van der Waals surface area contributed by atoms with Gasteiger partial charge in [-0.2, -0.15) is 5.10 Å². The lowest BCUT2D eigenvalue weighted by atomic mass is 10.0. The van der Waals surface area contributed by atoms with Crippen LogP contribution in [0.2, 0.25) is 5.02 Å². The van der Waals surface area contributed by atoms with Crippen molar-refractivity contribution in [3.05, 3.63) is 81.2 Å². The first-order chi connectivity index (χ1) is 14.1. The van der Waals surface area contributed by atoms with Crippen molar-refractivity contribution >= 4 is 51.0 Å². The zero-order valence-electron chi connectivity index (χ0n) is 16.1. The maximum absolute atomic E-state index is 6.10. The molecular weight excluding hydrogens is 422 g/mol. The fourth-order valence-corrected chi connectivity index (χ4v) is 4.49. The zero-order chi connectivity index (χ0) is 20.4. The van der Waals surface area contributed by atoms with Gasteiger partial charge in [-0.3, -0.25) is 0 Å². The van der Waals surface area contributed by atoms with Crippen LogP contribution in [-0.2, 0) is 13.0 Å². The van der Waals surface area contributed by atoms with Gasteiger partial charge in [-0.1, -0.05) is 42.8 Å². The molecule has 0 saturated carbocycles. The minimum absolute atomic E-state index is 0.558. The second-order valence-electron chi connectivity index (χ2n) is 6.60. The lowest BCUT2D eigenvalue weighted by molar-refractivity contribution is 0.413. The largest absolute Gasteiger partial charge is 0.497 e. The lowest BCUT2D eigenvalue weighted by Crippen LogP contribution is -2.29. The molecule has 29 heavy (non-hydrogen) atoms. The third-order valence-corrected chi connectivity index (χ3v) is 6.43. The average Bonchev–Trinajstić information content (AvgIpc) is 3.09. The molecule has 2 heterocycles. The van der Waals surface area contributed by atoms with E-state index in [1.54, 1.807) is 18.4 Å². The van der Waals surface area contributed by atoms with E-state index in [9.17, 15) is 0 Å². The van der Waals surface area contributed by atoms with Crippen molar-refractivity contribution in [3.8, 4) is 5.75 Å². The number of hydrogen-bond donors (Lipinski definition) is 1. The Morgan fingerprint density at radius 2 is 1.86 bits per heavy atom. The average molecular weight is 442 g/mol. The molecular formula is C22H20ClN3OS2. The van der Waals surface area contributed by atoms with Crippen molar-refractivity contribution in [2.24, 2.45) is 5.10 Å². The Bertz CT molecular complexity index is 1060. The van der Waals surface area contributed by atoms with Crippen LogP contribution in [0.5, 0.6) is 5.75 Å². The predicted octanol–water partition coefficient (Wildman–Crippen LogP) is 5.94. The summed E-state index contributed by atoms with van der Waals surface area (Å²) in [5.41, 5.74) is 4.04. The highest BCUT2D eigenvalue weighted by Crippen LogP contribution is 2.33. The topological polar surface area (TPSA) is 36.9 Å². The van der Waals surface area contributed by atoms with Gasteiger partial charge in [-0.05, 0) is 54.5 Å². The number of rotatable bonds is 5. The highest BCUT2D eigenvalue weighted by atomic mass is 35.5. The normalized spacial score (nSPS) is 13.4. The fraction of sp³-hybridized carbons (Fsp3) is 0.182. The van der Waals surface area contributed by atoms with Crippen molar-refractivity contribution in [1.82, 2.24) is 5.01 Å². The molecule has 0 radical (unpaired) electrons. The first kappa shape index (κ1) is 19.9. The molecule has 1 N–H and O–H groups in total. The summed E-state index contributed by atoms with van der Waals surface area (Å²) in [5.74, 6) is 0.824. The van der Waals surface area contributed by atoms with Gasteiger partial charge in [-0.25, -0.2) is 5.01 Å². The number of anilines is 1. The number of fused-ring (bicyclic) bond motifs is 1. The Morgan fingerprint density at radius 1 is 1.14 bits per heavy atom. The highest BCUT2D eigenvalue weighted by molar-refractivity contribution is 7.80. The van der Waals surface area contributed by atoms with E-state index >= 15 is 0 Å². The number of hydrogen-bond acceptors (Lipinski definition) is 4. The number of methoxy groups -OCH3 is 1. The maximum Gasteiger partial charge on any atom is 0.195 e. The van der Waals surface area contributed by atoms with E-state index < -0.39 is 0 Å². The van der Waals surface area contributed by atoms with Crippen LogP contribution in [-0.4, -0.2) is 22.9 Å². The molecule has 0 unspecified atom stereocenters. The monoisotopic (exact) mass is 441 g/mol. The summed E-state index contributed by atoms with van der Waals surface area (Å²) in [7, 11) is 1.66. The standard InChI is InChI=1S/C22H20ClN3OS2/c1-3-18-12-19-20(15-6-8-16(23)9-7-15)25-26(22(28)24-21(19)29-18)13-14-4-10-17(27-2)11-5-14/h4-12H,3,13H2,1-2H3,(H,24,28). The van der Waals surface area contributed by atoms with Crippen molar-refractivity contribution in [2.75, 3.05) is 12.4 Å². The first-order valence-corrected chi connectivity index (χ1v) is 10.9. The summed E-state index contributed by atoms with van der Waals surface area (Å²) in [6.07, 6.45) is 0.968. The van der Waals surface area contributed by atoms with E-state index in [4.69, 9.17) is 33.7 Å². The van der Waals surface area contributed by atoms with Gasteiger partial charge in [0.1, 0.15) is 16.5 Å². The van der Waals surface area contributed by atoms with Crippen LogP contribution in [0.1, 0.15) is 28.5 Å². The number of nitrogens with one attached hydrogen (secondary N) is 1. The van der Waals surface area contributed by atoms with Gasteiger partial charge in [0, 0.05) is 21.0 Å². The Kier molecular flexibility index (Phi) is 5.85. The number of halogens is 1. The lowest BCUT2D eigenvalue weighted by Gasteiger charge is -2.19. The Labute approximate surface area is 184 Å². The summed E-state index contributed by atoms with van der Waals surface area (Å²) in [5, 5.41) is 12.5. The van der Waals surface area contributed by atoms with Gasteiger partial charge in [0.25, 0.3) is 0 Å². The number of ether oxygens (including phenoxy) is 1. The summed E-state index contributed by atoms with van der Waals surface area (Å²) < 4.78 is 5.25. The van der Waals surface area contributed by atoms with E-state index in [1.807, 2.05) is 53.5 Å². The molecule has 2 aromatic carbocycles. The molecule has 0 fully saturated rings. The van der Waals surface area contributed by atoms with Crippen molar-refractivity contribution in [1.29, 1.82) is 0 Å². The molecule has 0 atom stereocenters. The summed E-state index contributed by atoms with van der Waals surface area (Å²) in [6, 6.07) is 17.9. The molecule has 7 heteroatoms. The molecule has 3 aromatic rings. The number of nitrogens with zero attached hydrogens (tertiary/aromatic N) is 2. The van der Waals surface area contributed by atoms with E-state index in [2.05, 4.69) is 18.3 Å². The molecule has 4 rings (SSSR count). The fourth-order valence-electron chi connectivity index (χ4n) is 3.10.